The minimum Gasteiger partial charge on any atom is -0.0985 e. The lowest BCUT2D eigenvalue weighted by molar-refractivity contribution is 0.794. The van der Waals surface area contributed by atoms with Crippen molar-refractivity contribution in [3.05, 3.63) is 39.9 Å². The number of hydrogen-bond donors (Lipinski definition) is 0. The molecular formula is C12H14Cl2. The Kier molecular flexibility index (Phi) is 4.50. The summed E-state index contributed by atoms with van der Waals surface area (Å²) in [5.41, 5.74) is 2.21. The Hall–Kier alpha value is -0.460. The van der Waals surface area contributed by atoms with Gasteiger partial charge in [0.1, 0.15) is 0 Å². The van der Waals surface area contributed by atoms with Gasteiger partial charge in [-0.05, 0) is 30.0 Å². The van der Waals surface area contributed by atoms with Crippen LogP contribution in [0.1, 0.15) is 30.9 Å². The third kappa shape index (κ3) is 2.52. The van der Waals surface area contributed by atoms with E-state index in [9.17, 15) is 0 Å². The van der Waals surface area contributed by atoms with Crippen molar-refractivity contribution < 1.29 is 0 Å². The van der Waals surface area contributed by atoms with Crippen LogP contribution in [0.2, 0.25) is 10.0 Å². The van der Waals surface area contributed by atoms with Crippen LogP contribution in [0.3, 0.4) is 0 Å². The van der Waals surface area contributed by atoms with Crippen molar-refractivity contribution >= 4 is 29.3 Å². The predicted octanol–water partition coefficient (Wildman–Crippen LogP) is 4.98. The molecule has 0 aromatic heterocycles. The first-order valence-electron chi connectivity index (χ1n) is 4.80. The molecule has 0 N–H and O–H groups in total. The molecule has 0 nitrogen and oxygen atoms in total. The fourth-order valence-electron chi connectivity index (χ4n) is 1.41. The van der Waals surface area contributed by atoms with Gasteiger partial charge in [-0.25, -0.2) is 0 Å². The van der Waals surface area contributed by atoms with Crippen molar-refractivity contribution in [2.24, 2.45) is 0 Å². The van der Waals surface area contributed by atoms with Gasteiger partial charge in [-0.3, -0.25) is 0 Å². The summed E-state index contributed by atoms with van der Waals surface area (Å²) in [6.07, 6.45) is 5.07. The van der Waals surface area contributed by atoms with Crippen LogP contribution in [0, 0.1) is 0 Å². The third-order valence-corrected chi connectivity index (χ3v) is 3.08. The Bertz CT molecular complexity index is 329. The number of unbranched alkanes of at least 4 members (excludes halogenated alkanes) is 1. The smallest absolute Gasteiger partial charge is 0.0630 e. The van der Waals surface area contributed by atoms with E-state index in [-0.39, 0.29) is 0 Å². The Morgan fingerprint density at radius 3 is 2.64 bits per heavy atom. The van der Waals surface area contributed by atoms with Gasteiger partial charge >= 0.3 is 0 Å². The second-order valence-corrected chi connectivity index (χ2v) is 4.02. The summed E-state index contributed by atoms with van der Waals surface area (Å²) < 4.78 is 0. The maximum atomic E-state index is 6.13. The van der Waals surface area contributed by atoms with Gasteiger partial charge in [0.25, 0.3) is 0 Å². The predicted molar refractivity (Wildman–Crippen MR) is 65.2 cm³/mol. The molecule has 1 aromatic rings. The summed E-state index contributed by atoms with van der Waals surface area (Å²) in [5, 5.41) is 1.31. The topological polar surface area (TPSA) is 0 Å². The summed E-state index contributed by atoms with van der Waals surface area (Å²) >= 11 is 12.1. The van der Waals surface area contributed by atoms with Crippen molar-refractivity contribution in [1.29, 1.82) is 0 Å². The molecule has 0 aliphatic rings. The fraction of sp³-hybridized carbons (Fsp3) is 0.333. The highest BCUT2D eigenvalue weighted by atomic mass is 35.5. The van der Waals surface area contributed by atoms with E-state index in [1.54, 1.807) is 0 Å². The molecule has 0 amide bonds. The molecule has 0 spiro atoms. The Labute approximate surface area is 95.5 Å². The summed E-state index contributed by atoms with van der Waals surface area (Å²) in [5.74, 6) is 0. The number of rotatable bonds is 4. The molecule has 0 unspecified atom stereocenters. The molecule has 1 rings (SSSR count). The van der Waals surface area contributed by atoms with E-state index in [1.165, 1.54) is 0 Å². The van der Waals surface area contributed by atoms with Gasteiger partial charge in [-0.15, -0.1) is 0 Å². The van der Waals surface area contributed by atoms with Crippen LogP contribution >= 0.6 is 23.2 Å². The molecule has 0 aliphatic heterocycles. The van der Waals surface area contributed by atoms with E-state index >= 15 is 0 Å². The molecule has 76 valence electrons. The van der Waals surface area contributed by atoms with Gasteiger partial charge in [-0.1, -0.05) is 55.3 Å². The lowest BCUT2D eigenvalue weighted by Crippen LogP contribution is -1.91. The molecule has 0 fully saturated rings. The average Bonchev–Trinajstić information content (AvgIpc) is 2.20. The summed E-state index contributed by atoms with van der Waals surface area (Å²) in [6, 6.07) is 3.78. The summed E-state index contributed by atoms with van der Waals surface area (Å²) in [7, 11) is 0. The van der Waals surface area contributed by atoms with E-state index < -0.39 is 0 Å². The number of hydrogen-bond acceptors (Lipinski definition) is 0. The Balaban J connectivity index is 3.07. The normalized spacial score (nSPS) is 10.2. The molecule has 0 heterocycles. The minimum atomic E-state index is 0.628. The first kappa shape index (κ1) is 11.6. The van der Waals surface area contributed by atoms with E-state index in [2.05, 4.69) is 13.5 Å². The van der Waals surface area contributed by atoms with Crippen LogP contribution in [0.4, 0.5) is 0 Å². The van der Waals surface area contributed by atoms with Crippen molar-refractivity contribution in [1.82, 2.24) is 0 Å². The highest BCUT2D eigenvalue weighted by Crippen LogP contribution is 2.30. The van der Waals surface area contributed by atoms with Crippen LogP contribution in [0.15, 0.2) is 18.7 Å². The van der Waals surface area contributed by atoms with Crippen LogP contribution < -0.4 is 0 Å². The van der Waals surface area contributed by atoms with Gasteiger partial charge in [-0.2, -0.15) is 0 Å². The molecule has 2 heteroatoms. The molecule has 0 saturated heterocycles. The van der Waals surface area contributed by atoms with Crippen LogP contribution in [0.25, 0.3) is 6.08 Å². The quantitative estimate of drug-likeness (QED) is 0.683. The maximum Gasteiger partial charge on any atom is 0.0630 e. The zero-order valence-corrected chi connectivity index (χ0v) is 9.83. The first-order valence-corrected chi connectivity index (χ1v) is 5.55. The third-order valence-electron chi connectivity index (χ3n) is 2.23. The fourth-order valence-corrected chi connectivity index (χ4v) is 1.85. The molecule has 0 radical (unpaired) electrons. The van der Waals surface area contributed by atoms with Gasteiger partial charge in [0.15, 0.2) is 0 Å². The minimum absolute atomic E-state index is 0.628. The molecule has 0 saturated carbocycles. The molecule has 14 heavy (non-hydrogen) atoms. The van der Waals surface area contributed by atoms with Crippen molar-refractivity contribution in [2.75, 3.05) is 0 Å². The molecule has 0 bridgehead atoms. The van der Waals surface area contributed by atoms with E-state index in [0.29, 0.717) is 10.0 Å². The lowest BCUT2D eigenvalue weighted by atomic mass is 10.0. The number of benzene rings is 1. The van der Waals surface area contributed by atoms with Gasteiger partial charge < -0.3 is 0 Å². The van der Waals surface area contributed by atoms with Crippen molar-refractivity contribution in [3.8, 4) is 0 Å². The first-order chi connectivity index (χ1) is 6.70. The standard InChI is InChI=1S/C12H14Cl2/c1-3-5-6-10-9(4-2)7-8-11(13)12(10)14/h4,7-8H,2-3,5-6H2,1H3. The SMILES string of the molecule is C=Cc1ccc(Cl)c(Cl)c1CCCC. The second kappa shape index (κ2) is 5.43. The zero-order chi connectivity index (χ0) is 10.6. The Morgan fingerprint density at radius 1 is 1.36 bits per heavy atom. The Morgan fingerprint density at radius 2 is 2.07 bits per heavy atom. The maximum absolute atomic E-state index is 6.13. The highest BCUT2D eigenvalue weighted by molar-refractivity contribution is 6.42. The van der Waals surface area contributed by atoms with Crippen molar-refractivity contribution in [2.45, 2.75) is 26.2 Å². The lowest BCUT2D eigenvalue weighted by Gasteiger charge is -2.09. The average molecular weight is 229 g/mol. The summed E-state index contributed by atoms with van der Waals surface area (Å²) in [4.78, 5) is 0. The number of halogens is 2. The zero-order valence-electron chi connectivity index (χ0n) is 8.32. The molecule has 0 aliphatic carbocycles. The van der Waals surface area contributed by atoms with Gasteiger partial charge in [0.05, 0.1) is 10.0 Å². The highest BCUT2D eigenvalue weighted by Gasteiger charge is 2.07. The van der Waals surface area contributed by atoms with Crippen molar-refractivity contribution in [3.63, 3.8) is 0 Å². The van der Waals surface area contributed by atoms with E-state index in [1.807, 2.05) is 18.2 Å². The van der Waals surface area contributed by atoms with E-state index in [0.717, 1.165) is 30.4 Å². The molecule has 1 aromatic carbocycles. The van der Waals surface area contributed by atoms with Crippen LogP contribution in [-0.2, 0) is 6.42 Å². The molecular weight excluding hydrogens is 215 g/mol. The summed E-state index contributed by atoms with van der Waals surface area (Å²) in [6.45, 7) is 5.93. The molecule has 0 atom stereocenters. The van der Waals surface area contributed by atoms with Crippen LogP contribution in [0.5, 0.6) is 0 Å². The largest absolute Gasteiger partial charge is 0.0985 e. The second-order valence-electron chi connectivity index (χ2n) is 3.24. The van der Waals surface area contributed by atoms with Crippen LogP contribution in [-0.4, -0.2) is 0 Å². The van der Waals surface area contributed by atoms with Gasteiger partial charge in [0, 0.05) is 0 Å². The monoisotopic (exact) mass is 228 g/mol. The van der Waals surface area contributed by atoms with Gasteiger partial charge in [0.2, 0.25) is 0 Å². The van der Waals surface area contributed by atoms with E-state index in [4.69, 9.17) is 23.2 Å².